The Bertz CT molecular complexity index is 532. The van der Waals surface area contributed by atoms with Crippen LogP contribution in [0.4, 0.5) is 11.4 Å². The predicted octanol–water partition coefficient (Wildman–Crippen LogP) is 1.71. The number of nitro groups is 1. The summed E-state index contributed by atoms with van der Waals surface area (Å²) in [4.78, 5) is 21.2. The lowest BCUT2D eigenvalue weighted by Gasteiger charge is -2.09. The molecule has 108 valence electrons. The number of nitrogens with zero attached hydrogens (tertiary/aromatic N) is 4. The van der Waals surface area contributed by atoms with E-state index in [2.05, 4.69) is 15.1 Å². The molecule has 1 aromatic carbocycles. The minimum absolute atomic E-state index is 0.0861. The molecule has 0 unspecified atom stereocenters. The van der Waals surface area contributed by atoms with E-state index in [9.17, 15) is 14.9 Å². The van der Waals surface area contributed by atoms with Gasteiger partial charge in [-0.2, -0.15) is 0 Å². The first kappa shape index (κ1) is 15.3. The molecule has 0 radical (unpaired) electrons. The highest BCUT2D eigenvalue weighted by Gasteiger charge is 2.11. The zero-order valence-electron chi connectivity index (χ0n) is 11.3. The SMILES string of the molecule is COC(=O)CN(C)N=Nc1cc([N+](=O)[O-])ccc1OC. The Kier molecular flexibility index (Phi) is 5.39. The molecular weight excluding hydrogens is 268 g/mol. The fraction of sp³-hybridized carbons (Fsp3) is 0.364. The molecule has 0 fully saturated rings. The van der Waals surface area contributed by atoms with Gasteiger partial charge in [0.1, 0.15) is 18.0 Å². The molecule has 0 aliphatic rings. The Labute approximate surface area is 114 Å². The second kappa shape index (κ2) is 7.02. The van der Waals surface area contributed by atoms with Crippen LogP contribution in [0.2, 0.25) is 0 Å². The van der Waals surface area contributed by atoms with Crippen molar-refractivity contribution in [2.75, 3.05) is 27.8 Å². The number of benzene rings is 1. The lowest BCUT2D eigenvalue weighted by molar-refractivity contribution is -0.384. The van der Waals surface area contributed by atoms with Crippen molar-refractivity contribution in [2.45, 2.75) is 0 Å². The van der Waals surface area contributed by atoms with Crippen molar-refractivity contribution in [2.24, 2.45) is 10.3 Å². The Balaban J connectivity index is 2.91. The minimum atomic E-state index is -0.545. The molecule has 0 spiro atoms. The summed E-state index contributed by atoms with van der Waals surface area (Å²) in [5, 5.41) is 19.5. The fourth-order valence-corrected chi connectivity index (χ4v) is 1.28. The maximum absolute atomic E-state index is 11.0. The third-order valence-corrected chi connectivity index (χ3v) is 2.26. The quantitative estimate of drug-likeness (QED) is 0.340. The first-order valence-electron chi connectivity index (χ1n) is 5.50. The largest absolute Gasteiger partial charge is 0.494 e. The van der Waals surface area contributed by atoms with Gasteiger partial charge >= 0.3 is 5.97 Å². The summed E-state index contributed by atoms with van der Waals surface area (Å²) in [6, 6.07) is 3.96. The maximum atomic E-state index is 11.0. The van der Waals surface area contributed by atoms with Crippen molar-refractivity contribution in [3.05, 3.63) is 28.3 Å². The van der Waals surface area contributed by atoms with Crippen LogP contribution in [-0.4, -0.2) is 43.7 Å². The summed E-state index contributed by atoms with van der Waals surface area (Å²) >= 11 is 0. The molecule has 0 saturated heterocycles. The van der Waals surface area contributed by atoms with Crippen molar-refractivity contribution < 1.29 is 19.2 Å². The molecule has 0 amide bonds. The summed E-state index contributed by atoms with van der Waals surface area (Å²) in [5.41, 5.74) is 0.0637. The van der Waals surface area contributed by atoms with Gasteiger partial charge in [0.2, 0.25) is 0 Å². The zero-order chi connectivity index (χ0) is 15.1. The summed E-state index contributed by atoms with van der Waals surface area (Å²) in [6.45, 7) is -0.0861. The standard InChI is InChI=1S/C11H14N4O5/c1-14(7-11(16)20-3)13-12-9-6-8(15(17)18)4-5-10(9)19-2/h4-6H,7H2,1-3H3. The van der Waals surface area contributed by atoms with Crippen LogP contribution in [0.5, 0.6) is 5.75 Å². The van der Waals surface area contributed by atoms with E-state index in [1.807, 2.05) is 0 Å². The van der Waals surface area contributed by atoms with Crippen molar-refractivity contribution >= 4 is 17.3 Å². The molecule has 9 nitrogen and oxygen atoms in total. The Morgan fingerprint density at radius 2 is 2.15 bits per heavy atom. The van der Waals surface area contributed by atoms with E-state index in [-0.39, 0.29) is 17.9 Å². The number of rotatable bonds is 6. The molecule has 0 aromatic heterocycles. The Morgan fingerprint density at radius 3 is 2.70 bits per heavy atom. The monoisotopic (exact) mass is 282 g/mol. The van der Waals surface area contributed by atoms with E-state index in [0.717, 1.165) is 0 Å². The zero-order valence-corrected chi connectivity index (χ0v) is 11.3. The third kappa shape index (κ3) is 4.19. The number of hydrogen-bond acceptors (Lipinski definition) is 7. The van der Waals surface area contributed by atoms with Gasteiger partial charge in [0.05, 0.1) is 19.1 Å². The molecule has 1 aromatic rings. The molecule has 1 rings (SSSR count). The van der Waals surface area contributed by atoms with Crippen LogP contribution >= 0.6 is 0 Å². The lowest BCUT2D eigenvalue weighted by atomic mass is 10.2. The summed E-state index contributed by atoms with van der Waals surface area (Å²) in [7, 11) is 4.19. The van der Waals surface area contributed by atoms with Gasteiger partial charge in [0.25, 0.3) is 5.69 Å². The van der Waals surface area contributed by atoms with Gasteiger partial charge in [0.15, 0.2) is 0 Å². The number of hydrogen-bond donors (Lipinski definition) is 0. The lowest BCUT2D eigenvalue weighted by Crippen LogP contribution is -2.21. The van der Waals surface area contributed by atoms with Crippen molar-refractivity contribution in [3.63, 3.8) is 0 Å². The summed E-state index contributed by atoms with van der Waals surface area (Å²) in [6.07, 6.45) is 0. The molecule has 20 heavy (non-hydrogen) atoms. The smallest absolute Gasteiger partial charge is 0.327 e. The number of ether oxygens (including phenoxy) is 2. The normalized spacial score (nSPS) is 10.3. The molecule has 0 N–H and O–H groups in total. The minimum Gasteiger partial charge on any atom is -0.494 e. The van der Waals surface area contributed by atoms with Crippen LogP contribution in [-0.2, 0) is 9.53 Å². The first-order chi connectivity index (χ1) is 9.47. The first-order valence-corrected chi connectivity index (χ1v) is 5.50. The van der Waals surface area contributed by atoms with E-state index < -0.39 is 10.9 Å². The second-order valence-electron chi connectivity index (χ2n) is 3.69. The highest BCUT2D eigenvalue weighted by Crippen LogP contribution is 2.31. The van der Waals surface area contributed by atoms with Crippen LogP contribution in [0, 0.1) is 10.1 Å². The second-order valence-corrected chi connectivity index (χ2v) is 3.69. The topological polar surface area (TPSA) is 107 Å². The molecule has 0 atom stereocenters. The van der Waals surface area contributed by atoms with Gasteiger partial charge in [0, 0.05) is 19.2 Å². The van der Waals surface area contributed by atoms with E-state index in [1.165, 1.54) is 44.5 Å². The van der Waals surface area contributed by atoms with E-state index in [0.29, 0.717) is 5.75 Å². The molecule has 0 heterocycles. The average molecular weight is 282 g/mol. The third-order valence-electron chi connectivity index (χ3n) is 2.26. The van der Waals surface area contributed by atoms with Gasteiger partial charge in [-0.25, -0.2) is 0 Å². The number of carbonyl (C=O) groups excluding carboxylic acids is 1. The molecule has 0 bridgehead atoms. The van der Waals surface area contributed by atoms with Crippen molar-refractivity contribution in [1.29, 1.82) is 0 Å². The Hall–Kier alpha value is -2.71. The fourth-order valence-electron chi connectivity index (χ4n) is 1.28. The number of esters is 1. The number of nitro benzene ring substituents is 1. The molecule has 0 aliphatic carbocycles. The van der Waals surface area contributed by atoms with Gasteiger partial charge in [-0.05, 0) is 6.07 Å². The van der Waals surface area contributed by atoms with Crippen LogP contribution in [0.1, 0.15) is 0 Å². The molecule has 9 heteroatoms. The Morgan fingerprint density at radius 1 is 1.45 bits per heavy atom. The molecule has 0 saturated carbocycles. The highest BCUT2D eigenvalue weighted by molar-refractivity contribution is 5.71. The van der Waals surface area contributed by atoms with Crippen LogP contribution in [0.3, 0.4) is 0 Å². The van der Waals surface area contributed by atoms with E-state index in [4.69, 9.17) is 4.74 Å². The summed E-state index contributed by atoms with van der Waals surface area (Å²) in [5.74, 6) is -0.136. The van der Waals surface area contributed by atoms with Crippen LogP contribution < -0.4 is 4.74 Å². The van der Waals surface area contributed by atoms with Crippen LogP contribution in [0.15, 0.2) is 28.5 Å². The van der Waals surface area contributed by atoms with Crippen LogP contribution in [0.25, 0.3) is 0 Å². The van der Waals surface area contributed by atoms with Gasteiger partial charge < -0.3 is 9.47 Å². The van der Waals surface area contributed by atoms with Crippen molar-refractivity contribution in [1.82, 2.24) is 5.01 Å². The van der Waals surface area contributed by atoms with Crippen molar-refractivity contribution in [3.8, 4) is 5.75 Å². The predicted molar refractivity (Wildman–Crippen MR) is 68.8 cm³/mol. The molecular formula is C11H14N4O5. The number of likely N-dealkylation sites (N-methyl/N-ethyl adjacent to an activating group) is 1. The van der Waals surface area contributed by atoms with E-state index in [1.54, 1.807) is 0 Å². The number of carbonyl (C=O) groups is 1. The highest BCUT2D eigenvalue weighted by atomic mass is 16.6. The average Bonchev–Trinajstić information content (AvgIpc) is 2.44. The number of non-ortho nitro benzene ring substituents is 1. The number of methoxy groups -OCH3 is 2. The van der Waals surface area contributed by atoms with Gasteiger partial charge in [-0.3, -0.25) is 19.9 Å². The van der Waals surface area contributed by atoms with Gasteiger partial charge in [-0.15, -0.1) is 5.11 Å². The van der Waals surface area contributed by atoms with Gasteiger partial charge in [-0.1, -0.05) is 5.22 Å². The molecule has 0 aliphatic heterocycles. The van der Waals surface area contributed by atoms with E-state index >= 15 is 0 Å². The summed E-state index contributed by atoms with van der Waals surface area (Å²) < 4.78 is 9.50. The maximum Gasteiger partial charge on any atom is 0.327 e.